The van der Waals surface area contributed by atoms with Gasteiger partial charge < -0.3 is 14.7 Å². The van der Waals surface area contributed by atoms with Crippen LogP contribution in [-0.4, -0.2) is 42.4 Å². The van der Waals surface area contributed by atoms with E-state index in [0.29, 0.717) is 13.2 Å². The molecule has 0 aromatic rings. The Labute approximate surface area is 103 Å². The van der Waals surface area contributed by atoms with E-state index in [-0.39, 0.29) is 6.09 Å². The SMILES string of the molecule is CCOC(=O)N1CCC(C2CC2CCO)CC1. The molecule has 2 atom stereocenters. The molecule has 1 aliphatic carbocycles. The number of ether oxygens (including phenoxy) is 1. The van der Waals surface area contributed by atoms with Crippen molar-refractivity contribution in [2.45, 2.75) is 32.6 Å². The summed E-state index contributed by atoms with van der Waals surface area (Å²) in [5, 5.41) is 8.90. The lowest BCUT2D eigenvalue weighted by Crippen LogP contribution is -2.39. The van der Waals surface area contributed by atoms with Gasteiger partial charge in [0.2, 0.25) is 0 Å². The summed E-state index contributed by atoms with van der Waals surface area (Å²) in [4.78, 5) is 13.4. The third kappa shape index (κ3) is 3.12. The van der Waals surface area contributed by atoms with E-state index < -0.39 is 0 Å². The zero-order valence-electron chi connectivity index (χ0n) is 10.6. The summed E-state index contributed by atoms with van der Waals surface area (Å²) in [6, 6.07) is 0. The lowest BCUT2D eigenvalue weighted by Gasteiger charge is -2.31. The van der Waals surface area contributed by atoms with Crippen molar-refractivity contribution < 1.29 is 14.6 Å². The molecule has 98 valence electrons. The van der Waals surface area contributed by atoms with Crippen molar-refractivity contribution in [1.82, 2.24) is 4.90 Å². The first kappa shape index (κ1) is 12.7. The molecule has 4 nitrogen and oxygen atoms in total. The molecule has 2 unspecified atom stereocenters. The number of nitrogens with zero attached hydrogens (tertiary/aromatic N) is 1. The van der Waals surface area contributed by atoms with Crippen LogP contribution in [0.2, 0.25) is 0 Å². The minimum atomic E-state index is -0.159. The molecule has 1 N–H and O–H groups in total. The molecular weight excluding hydrogens is 218 g/mol. The maximum Gasteiger partial charge on any atom is 0.409 e. The quantitative estimate of drug-likeness (QED) is 0.817. The topological polar surface area (TPSA) is 49.8 Å². The Bertz CT molecular complexity index is 261. The molecule has 1 aliphatic heterocycles. The van der Waals surface area contributed by atoms with Crippen molar-refractivity contribution in [3.8, 4) is 0 Å². The summed E-state index contributed by atoms with van der Waals surface area (Å²) < 4.78 is 5.01. The van der Waals surface area contributed by atoms with Crippen LogP contribution in [0, 0.1) is 17.8 Å². The molecule has 4 heteroatoms. The van der Waals surface area contributed by atoms with E-state index in [1.54, 1.807) is 0 Å². The average Bonchev–Trinajstić information content (AvgIpc) is 3.10. The largest absolute Gasteiger partial charge is 0.450 e. The molecule has 0 radical (unpaired) electrons. The normalized spacial score (nSPS) is 29.2. The highest BCUT2D eigenvalue weighted by atomic mass is 16.6. The van der Waals surface area contributed by atoms with E-state index in [9.17, 15) is 4.79 Å². The van der Waals surface area contributed by atoms with Crippen LogP contribution in [0.3, 0.4) is 0 Å². The van der Waals surface area contributed by atoms with Gasteiger partial charge in [-0.15, -0.1) is 0 Å². The Kier molecular flexibility index (Phi) is 4.26. The van der Waals surface area contributed by atoms with Gasteiger partial charge in [0.25, 0.3) is 0 Å². The summed E-state index contributed by atoms with van der Waals surface area (Å²) in [6.45, 7) is 4.30. The van der Waals surface area contributed by atoms with E-state index in [2.05, 4.69) is 0 Å². The first-order valence-corrected chi connectivity index (χ1v) is 6.78. The van der Waals surface area contributed by atoms with Crippen molar-refractivity contribution in [3.63, 3.8) is 0 Å². The number of piperidine rings is 1. The van der Waals surface area contributed by atoms with E-state index in [1.807, 2.05) is 11.8 Å². The average molecular weight is 241 g/mol. The molecule has 2 rings (SSSR count). The Balaban J connectivity index is 1.70. The Morgan fingerprint density at radius 1 is 1.41 bits per heavy atom. The number of hydrogen-bond acceptors (Lipinski definition) is 3. The number of hydrogen-bond donors (Lipinski definition) is 1. The van der Waals surface area contributed by atoms with Crippen LogP contribution >= 0.6 is 0 Å². The van der Waals surface area contributed by atoms with Gasteiger partial charge in [-0.1, -0.05) is 0 Å². The van der Waals surface area contributed by atoms with Crippen LogP contribution in [0.1, 0.15) is 32.6 Å². The molecule has 0 spiro atoms. The van der Waals surface area contributed by atoms with Crippen LogP contribution in [-0.2, 0) is 4.74 Å². The smallest absolute Gasteiger partial charge is 0.409 e. The Morgan fingerprint density at radius 2 is 2.12 bits per heavy atom. The molecule has 0 bridgehead atoms. The number of likely N-dealkylation sites (tertiary alicyclic amines) is 1. The molecule has 0 aromatic carbocycles. The molecule has 2 fully saturated rings. The number of aliphatic hydroxyl groups excluding tert-OH is 1. The standard InChI is InChI=1S/C13H23NO3/c1-2-17-13(16)14-6-3-10(4-7-14)12-9-11(12)5-8-15/h10-12,15H,2-9H2,1H3. The second kappa shape index (κ2) is 5.71. The Morgan fingerprint density at radius 3 is 2.71 bits per heavy atom. The monoisotopic (exact) mass is 241 g/mol. The first-order valence-electron chi connectivity index (χ1n) is 6.78. The van der Waals surface area contributed by atoms with Crippen molar-refractivity contribution in [3.05, 3.63) is 0 Å². The lowest BCUT2D eigenvalue weighted by atomic mass is 9.91. The number of rotatable bonds is 4. The van der Waals surface area contributed by atoms with Crippen molar-refractivity contribution in [1.29, 1.82) is 0 Å². The predicted octanol–water partition coefficient (Wildman–Crippen LogP) is 1.87. The summed E-state index contributed by atoms with van der Waals surface area (Å²) in [7, 11) is 0. The minimum absolute atomic E-state index is 0.159. The zero-order chi connectivity index (χ0) is 12.3. The summed E-state index contributed by atoms with van der Waals surface area (Å²) in [5.41, 5.74) is 0. The summed E-state index contributed by atoms with van der Waals surface area (Å²) in [6.07, 6.45) is 4.29. The second-order valence-corrected chi connectivity index (χ2v) is 5.20. The molecule has 1 amide bonds. The zero-order valence-corrected chi connectivity index (χ0v) is 10.6. The first-order chi connectivity index (χ1) is 8.26. The highest BCUT2D eigenvalue weighted by Crippen LogP contribution is 2.49. The fourth-order valence-corrected chi connectivity index (χ4v) is 3.07. The number of amides is 1. The second-order valence-electron chi connectivity index (χ2n) is 5.20. The van der Waals surface area contributed by atoms with Crippen molar-refractivity contribution >= 4 is 6.09 Å². The fraction of sp³-hybridized carbons (Fsp3) is 0.923. The van der Waals surface area contributed by atoms with E-state index >= 15 is 0 Å². The molecule has 1 saturated heterocycles. The van der Waals surface area contributed by atoms with Gasteiger partial charge in [-0.25, -0.2) is 4.79 Å². The van der Waals surface area contributed by atoms with Gasteiger partial charge in [-0.2, -0.15) is 0 Å². The van der Waals surface area contributed by atoms with Gasteiger partial charge in [0.15, 0.2) is 0 Å². The van der Waals surface area contributed by atoms with Gasteiger partial charge in [-0.05, 0) is 50.4 Å². The molecule has 0 aromatic heterocycles. The third-order valence-electron chi connectivity index (χ3n) is 4.15. The molecule has 2 aliphatic rings. The van der Waals surface area contributed by atoms with Crippen LogP contribution in [0.4, 0.5) is 4.79 Å². The molecule has 1 heterocycles. The minimum Gasteiger partial charge on any atom is -0.450 e. The van der Waals surface area contributed by atoms with Crippen molar-refractivity contribution in [2.24, 2.45) is 17.8 Å². The molecule has 17 heavy (non-hydrogen) atoms. The van der Waals surface area contributed by atoms with E-state index in [1.165, 1.54) is 6.42 Å². The predicted molar refractivity (Wildman–Crippen MR) is 64.6 cm³/mol. The van der Waals surface area contributed by atoms with E-state index in [0.717, 1.165) is 50.1 Å². The lowest BCUT2D eigenvalue weighted by molar-refractivity contribution is 0.0887. The van der Waals surface area contributed by atoms with Crippen LogP contribution in [0.5, 0.6) is 0 Å². The van der Waals surface area contributed by atoms with Crippen LogP contribution < -0.4 is 0 Å². The third-order valence-corrected chi connectivity index (χ3v) is 4.15. The highest BCUT2D eigenvalue weighted by molar-refractivity contribution is 5.67. The van der Waals surface area contributed by atoms with Gasteiger partial charge in [-0.3, -0.25) is 0 Å². The van der Waals surface area contributed by atoms with Gasteiger partial charge in [0.05, 0.1) is 6.61 Å². The number of aliphatic hydroxyl groups is 1. The fourth-order valence-electron chi connectivity index (χ4n) is 3.07. The summed E-state index contributed by atoms with van der Waals surface area (Å²) >= 11 is 0. The maximum absolute atomic E-state index is 11.5. The number of carbonyl (C=O) groups is 1. The summed E-state index contributed by atoms with van der Waals surface area (Å²) in [5.74, 6) is 2.32. The van der Waals surface area contributed by atoms with E-state index in [4.69, 9.17) is 9.84 Å². The number of carbonyl (C=O) groups excluding carboxylic acids is 1. The Hall–Kier alpha value is -0.770. The van der Waals surface area contributed by atoms with Gasteiger partial charge in [0.1, 0.15) is 0 Å². The van der Waals surface area contributed by atoms with Crippen molar-refractivity contribution in [2.75, 3.05) is 26.3 Å². The molecular formula is C13H23NO3. The van der Waals surface area contributed by atoms with Gasteiger partial charge in [0, 0.05) is 19.7 Å². The maximum atomic E-state index is 11.5. The van der Waals surface area contributed by atoms with Gasteiger partial charge >= 0.3 is 6.09 Å². The molecule has 1 saturated carbocycles. The van der Waals surface area contributed by atoms with Crippen LogP contribution in [0.15, 0.2) is 0 Å². The highest BCUT2D eigenvalue weighted by Gasteiger charge is 2.43. The van der Waals surface area contributed by atoms with Crippen LogP contribution in [0.25, 0.3) is 0 Å².